The first-order valence-corrected chi connectivity index (χ1v) is 8.15. The summed E-state index contributed by atoms with van der Waals surface area (Å²) < 4.78 is 19.9. The molecule has 1 aromatic rings. The number of hydrogen-bond acceptors (Lipinski definition) is 8. The van der Waals surface area contributed by atoms with Crippen molar-refractivity contribution in [3.63, 3.8) is 0 Å². The molecule has 142 valence electrons. The van der Waals surface area contributed by atoms with Crippen LogP contribution in [0.5, 0.6) is 5.75 Å². The molecule has 1 aromatic carbocycles. The lowest BCUT2D eigenvalue weighted by atomic mass is 10.2. The van der Waals surface area contributed by atoms with Gasteiger partial charge in [-0.2, -0.15) is 0 Å². The van der Waals surface area contributed by atoms with Crippen LogP contribution in [0.4, 0.5) is 5.69 Å². The fourth-order valence-corrected chi connectivity index (χ4v) is 1.77. The Morgan fingerprint density at radius 1 is 0.923 bits per heavy atom. The van der Waals surface area contributed by atoms with E-state index >= 15 is 0 Å². The van der Waals surface area contributed by atoms with Crippen LogP contribution in [0.1, 0.15) is 20.8 Å². The van der Waals surface area contributed by atoms with E-state index in [1.54, 1.807) is 38.1 Å². The largest absolute Gasteiger partial charge is 0.490 e. The zero-order valence-corrected chi connectivity index (χ0v) is 15.1. The van der Waals surface area contributed by atoms with Crippen molar-refractivity contribution >= 4 is 23.6 Å². The quantitative estimate of drug-likeness (QED) is 0.168. The van der Waals surface area contributed by atoms with E-state index in [4.69, 9.17) is 18.9 Å². The molecule has 1 N–H and O–H groups in total. The van der Waals surface area contributed by atoms with Gasteiger partial charge in [-0.25, -0.2) is 9.59 Å². The molecule has 8 nitrogen and oxygen atoms in total. The van der Waals surface area contributed by atoms with Gasteiger partial charge >= 0.3 is 17.9 Å². The Morgan fingerprint density at radius 2 is 1.50 bits per heavy atom. The van der Waals surface area contributed by atoms with Gasteiger partial charge in [0.1, 0.15) is 19.0 Å². The van der Waals surface area contributed by atoms with Crippen LogP contribution in [0, 0.1) is 0 Å². The van der Waals surface area contributed by atoms with Crippen LogP contribution in [0.25, 0.3) is 0 Å². The number of carbonyl (C=O) groups excluding carboxylic acids is 3. The molecule has 0 aliphatic heterocycles. The first kappa shape index (κ1) is 21.0. The Kier molecular flexibility index (Phi) is 9.30. The van der Waals surface area contributed by atoms with Gasteiger partial charge in [0.15, 0.2) is 5.57 Å². The maximum Gasteiger partial charge on any atom is 0.347 e. The van der Waals surface area contributed by atoms with Gasteiger partial charge in [0.25, 0.3) is 0 Å². The zero-order chi connectivity index (χ0) is 19.4. The van der Waals surface area contributed by atoms with Crippen molar-refractivity contribution < 1.29 is 33.3 Å². The summed E-state index contributed by atoms with van der Waals surface area (Å²) in [6, 6.07) is 6.79. The van der Waals surface area contributed by atoms with Gasteiger partial charge in [-0.3, -0.25) is 4.79 Å². The summed E-state index contributed by atoms with van der Waals surface area (Å²) in [6.45, 7) is 5.32. The molecule has 0 amide bonds. The Bertz CT molecular complexity index is 617. The molecule has 0 unspecified atom stereocenters. The molecule has 0 heterocycles. The fraction of sp³-hybridized carbons (Fsp3) is 0.389. The van der Waals surface area contributed by atoms with Crippen LogP contribution in [-0.2, 0) is 28.6 Å². The summed E-state index contributed by atoms with van der Waals surface area (Å²) in [5.41, 5.74) is 0.402. The van der Waals surface area contributed by atoms with Gasteiger partial charge in [-0.1, -0.05) is 0 Å². The highest BCUT2D eigenvalue weighted by atomic mass is 16.6. The second-order valence-corrected chi connectivity index (χ2v) is 4.86. The molecule has 0 saturated heterocycles. The minimum atomic E-state index is -0.760. The first-order valence-electron chi connectivity index (χ1n) is 8.15. The van der Waals surface area contributed by atoms with Crippen LogP contribution in [0.15, 0.2) is 36.0 Å². The molecule has 0 fully saturated rings. The highest BCUT2D eigenvalue weighted by Crippen LogP contribution is 2.16. The minimum absolute atomic E-state index is 0.148. The average Bonchev–Trinajstić information content (AvgIpc) is 2.60. The molecule has 0 spiro atoms. The number of rotatable bonds is 10. The molecule has 8 heteroatoms. The lowest BCUT2D eigenvalue weighted by Gasteiger charge is -2.09. The summed E-state index contributed by atoms with van der Waals surface area (Å²) in [4.78, 5) is 34.3. The smallest absolute Gasteiger partial charge is 0.347 e. The van der Waals surface area contributed by atoms with E-state index in [1.807, 2.05) is 0 Å². The fourth-order valence-electron chi connectivity index (χ4n) is 1.77. The number of benzene rings is 1. The standard InChI is InChI=1S/C18H23NO7/c1-4-23-17(21)16(18(22)24-5-2)12-19-14-6-8-15(9-7-14)26-11-10-25-13(3)20/h6-9,12,19H,4-5,10-11H2,1-3H3. The summed E-state index contributed by atoms with van der Waals surface area (Å²) in [5.74, 6) is -1.30. The summed E-state index contributed by atoms with van der Waals surface area (Å²) >= 11 is 0. The lowest BCUT2D eigenvalue weighted by molar-refractivity contribution is -0.146. The van der Waals surface area contributed by atoms with E-state index in [2.05, 4.69) is 5.32 Å². The van der Waals surface area contributed by atoms with Crippen LogP contribution in [-0.4, -0.2) is 44.3 Å². The molecule has 0 radical (unpaired) electrons. The maximum atomic E-state index is 11.8. The first-order chi connectivity index (χ1) is 12.5. The number of carbonyl (C=O) groups is 3. The van der Waals surface area contributed by atoms with E-state index in [0.717, 1.165) is 0 Å². The number of hydrogen-bond donors (Lipinski definition) is 1. The van der Waals surface area contributed by atoms with Crippen LogP contribution in [0.3, 0.4) is 0 Å². The summed E-state index contributed by atoms with van der Waals surface area (Å²) in [7, 11) is 0. The van der Waals surface area contributed by atoms with Crippen molar-refractivity contribution in [3.05, 3.63) is 36.0 Å². The number of nitrogens with one attached hydrogen (secondary N) is 1. The zero-order valence-electron chi connectivity index (χ0n) is 15.1. The Labute approximate surface area is 152 Å². The van der Waals surface area contributed by atoms with E-state index < -0.39 is 11.9 Å². The number of ether oxygens (including phenoxy) is 4. The van der Waals surface area contributed by atoms with E-state index in [0.29, 0.717) is 11.4 Å². The predicted molar refractivity (Wildman–Crippen MR) is 93.5 cm³/mol. The van der Waals surface area contributed by atoms with Crippen LogP contribution in [0.2, 0.25) is 0 Å². The third-order valence-corrected chi connectivity index (χ3v) is 2.89. The monoisotopic (exact) mass is 365 g/mol. The SMILES string of the molecule is CCOC(=O)C(=CNc1ccc(OCCOC(C)=O)cc1)C(=O)OCC. The highest BCUT2D eigenvalue weighted by Gasteiger charge is 2.20. The third-order valence-electron chi connectivity index (χ3n) is 2.89. The van der Waals surface area contributed by atoms with Gasteiger partial charge in [-0.05, 0) is 38.1 Å². The summed E-state index contributed by atoms with van der Waals surface area (Å²) in [5, 5.41) is 2.84. The van der Waals surface area contributed by atoms with E-state index in [-0.39, 0.29) is 38.0 Å². The molecule has 0 aliphatic carbocycles. The highest BCUT2D eigenvalue weighted by molar-refractivity contribution is 6.14. The number of anilines is 1. The average molecular weight is 365 g/mol. The van der Waals surface area contributed by atoms with E-state index in [1.165, 1.54) is 13.1 Å². The number of esters is 3. The normalized spacial score (nSPS) is 9.65. The molecular weight excluding hydrogens is 342 g/mol. The molecule has 0 aliphatic rings. The van der Waals surface area contributed by atoms with Crippen LogP contribution >= 0.6 is 0 Å². The Balaban J connectivity index is 2.66. The molecule has 26 heavy (non-hydrogen) atoms. The van der Waals surface area contributed by atoms with Crippen molar-refractivity contribution in [1.29, 1.82) is 0 Å². The van der Waals surface area contributed by atoms with Crippen molar-refractivity contribution in [1.82, 2.24) is 0 Å². The van der Waals surface area contributed by atoms with Gasteiger partial charge < -0.3 is 24.3 Å². The van der Waals surface area contributed by atoms with Gasteiger partial charge in [-0.15, -0.1) is 0 Å². The van der Waals surface area contributed by atoms with E-state index in [9.17, 15) is 14.4 Å². The van der Waals surface area contributed by atoms with Gasteiger partial charge in [0.05, 0.1) is 13.2 Å². The lowest BCUT2D eigenvalue weighted by Crippen LogP contribution is -2.19. The Hall–Kier alpha value is -3.03. The molecule has 0 bridgehead atoms. The van der Waals surface area contributed by atoms with Crippen molar-refractivity contribution in [2.24, 2.45) is 0 Å². The molecule has 0 aromatic heterocycles. The van der Waals surface area contributed by atoms with Crippen molar-refractivity contribution in [2.45, 2.75) is 20.8 Å². The van der Waals surface area contributed by atoms with Crippen molar-refractivity contribution in [3.8, 4) is 5.75 Å². The minimum Gasteiger partial charge on any atom is -0.490 e. The van der Waals surface area contributed by atoms with Crippen molar-refractivity contribution in [2.75, 3.05) is 31.7 Å². The molecule has 0 atom stereocenters. The maximum absolute atomic E-state index is 11.8. The van der Waals surface area contributed by atoms with Crippen LogP contribution < -0.4 is 10.1 Å². The Morgan fingerprint density at radius 3 is 2.00 bits per heavy atom. The molecule has 1 rings (SSSR count). The molecular formula is C18H23NO7. The predicted octanol–water partition coefficient (Wildman–Crippen LogP) is 2.05. The second-order valence-electron chi connectivity index (χ2n) is 4.86. The molecule has 0 saturated carbocycles. The topological polar surface area (TPSA) is 100 Å². The second kappa shape index (κ2) is 11.5. The van der Waals surface area contributed by atoms with Gasteiger partial charge in [0, 0.05) is 18.8 Å². The third kappa shape index (κ3) is 7.69. The van der Waals surface area contributed by atoms with Gasteiger partial charge in [0.2, 0.25) is 0 Å². The summed E-state index contributed by atoms with van der Waals surface area (Å²) in [6.07, 6.45) is 1.24.